The van der Waals surface area contributed by atoms with E-state index in [-0.39, 0.29) is 39.3 Å². The Kier molecular flexibility index (Phi) is 6.71. The van der Waals surface area contributed by atoms with Crippen LogP contribution in [0.5, 0.6) is 0 Å². The van der Waals surface area contributed by atoms with Gasteiger partial charge in [-0.15, -0.1) is 12.4 Å². The lowest BCUT2D eigenvalue weighted by molar-refractivity contribution is 0.327. The molecule has 0 bridgehead atoms. The van der Waals surface area contributed by atoms with Gasteiger partial charge in [-0.3, -0.25) is 0 Å². The van der Waals surface area contributed by atoms with Crippen LogP contribution in [0.2, 0.25) is 10.0 Å². The largest absolute Gasteiger partial charge is 0.315 e. The molecule has 0 aromatic heterocycles. The third-order valence-electron chi connectivity index (χ3n) is 3.37. The van der Waals surface area contributed by atoms with Gasteiger partial charge in [0.15, 0.2) is 0 Å². The Morgan fingerprint density at radius 3 is 2.43 bits per heavy atom. The number of sulfonamides is 1. The van der Waals surface area contributed by atoms with Crippen LogP contribution >= 0.6 is 35.6 Å². The first kappa shape index (κ1) is 18.9. The van der Waals surface area contributed by atoms with Gasteiger partial charge >= 0.3 is 0 Å². The third-order valence-corrected chi connectivity index (χ3v) is 5.78. The number of piperidine rings is 1. The van der Waals surface area contributed by atoms with Gasteiger partial charge in [0.1, 0.15) is 10.7 Å². The van der Waals surface area contributed by atoms with Gasteiger partial charge in [0.25, 0.3) is 0 Å². The SMILES string of the molecule is CC1CCNCC1NS(=O)(=O)c1c(Cl)cc(F)cc1Cl.Cl. The summed E-state index contributed by atoms with van der Waals surface area (Å²) >= 11 is 11.6. The van der Waals surface area contributed by atoms with Crippen molar-refractivity contribution in [2.75, 3.05) is 13.1 Å². The monoisotopic (exact) mass is 376 g/mol. The molecule has 1 aromatic carbocycles. The molecule has 0 aliphatic carbocycles. The van der Waals surface area contributed by atoms with Gasteiger partial charge in [-0.2, -0.15) is 0 Å². The summed E-state index contributed by atoms with van der Waals surface area (Å²) in [5.41, 5.74) is 0. The van der Waals surface area contributed by atoms with Gasteiger partial charge in [-0.05, 0) is 31.0 Å². The van der Waals surface area contributed by atoms with E-state index in [0.717, 1.165) is 25.1 Å². The van der Waals surface area contributed by atoms with Crippen LogP contribution in [0.25, 0.3) is 0 Å². The van der Waals surface area contributed by atoms with Crippen LogP contribution in [-0.2, 0) is 10.0 Å². The summed E-state index contributed by atoms with van der Waals surface area (Å²) < 4.78 is 40.4. The van der Waals surface area contributed by atoms with Crippen molar-refractivity contribution < 1.29 is 12.8 Å². The molecule has 1 fully saturated rings. The topological polar surface area (TPSA) is 58.2 Å². The molecule has 0 saturated carbocycles. The standard InChI is InChI=1S/C12H15Cl2FN2O2S.ClH/c1-7-2-3-16-6-11(7)17-20(18,19)12-9(13)4-8(15)5-10(12)14;/h4-5,7,11,16-17H,2-3,6H2,1H3;1H. The van der Waals surface area contributed by atoms with Crippen molar-refractivity contribution in [1.82, 2.24) is 10.0 Å². The molecule has 21 heavy (non-hydrogen) atoms. The van der Waals surface area contributed by atoms with E-state index >= 15 is 0 Å². The summed E-state index contributed by atoms with van der Waals surface area (Å²) in [6, 6.07) is 1.63. The quantitative estimate of drug-likeness (QED) is 0.851. The van der Waals surface area contributed by atoms with E-state index in [9.17, 15) is 12.8 Å². The predicted octanol–water partition coefficient (Wildman–Crippen LogP) is 2.83. The third kappa shape index (κ3) is 4.43. The molecule has 0 spiro atoms. The molecule has 120 valence electrons. The Hall–Kier alpha value is -0.110. The van der Waals surface area contributed by atoms with Crippen LogP contribution in [0, 0.1) is 11.7 Å². The Morgan fingerprint density at radius 2 is 1.90 bits per heavy atom. The van der Waals surface area contributed by atoms with Crippen molar-refractivity contribution in [2.24, 2.45) is 5.92 Å². The minimum atomic E-state index is -3.89. The van der Waals surface area contributed by atoms with Gasteiger partial charge in [0, 0.05) is 12.6 Å². The lowest BCUT2D eigenvalue weighted by Gasteiger charge is -2.30. The fraction of sp³-hybridized carbons (Fsp3) is 0.500. The predicted molar refractivity (Wildman–Crippen MR) is 84.4 cm³/mol. The molecule has 1 heterocycles. The Morgan fingerprint density at radius 1 is 1.33 bits per heavy atom. The van der Waals surface area contributed by atoms with E-state index < -0.39 is 15.8 Å². The number of halogens is 4. The number of rotatable bonds is 3. The van der Waals surface area contributed by atoms with Crippen molar-refractivity contribution in [3.8, 4) is 0 Å². The van der Waals surface area contributed by atoms with Crippen LogP contribution in [0.15, 0.2) is 17.0 Å². The van der Waals surface area contributed by atoms with Gasteiger partial charge in [0.05, 0.1) is 10.0 Å². The second-order valence-corrected chi connectivity index (χ2v) is 7.36. The minimum absolute atomic E-state index is 0. The zero-order valence-corrected chi connectivity index (χ0v) is 14.3. The summed E-state index contributed by atoms with van der Waals surface area (Å²) in [5, 5.41) is 2.68. The molecule has 2 rings (SSSR count). The van der Waals surface area contributed by atoms with Crippen molar-refractivity contribution in [1.29, 1.82) is 0 Å². The van der Waals surface area contributed by atoms with Gasteiger partial charge < -0.3 is 5.32 Å². The normalized spacial score (nSPS) is 22.7. The Bertz CT molecular complexity index is 590. The second-order valence-electron chi connectivity index (χ2n) is 4.90. The van der Waals surface area contributed by atoms with Crippen molar-refractivity contribution in [3.63, 3.8) is 0 Å². The molecule has 1 aromatic rings. The first-order valence-corrected chi connectivity index (χ1v) is 8.43. The highest BCUT2D eigenvalue weighted by Gasteiger charge is 2.29. The first-order chi connectivity index (χ1) is 9.31. The van der Waals surface area contributed by atoms with E-state index in [1.165, 1.54) is 0 Å². The number of benzene rings is 1. The fourth-order valence-corrected chi connectivity index (χ4v) is 4.72. The van der Waals surface area contributed by atoms with Gasteiger partial charge in [-0.25, -0.2) is 17.5 Å². The molecular weight excluding hydrogens is 362 g/mol. The average molecular weight is 378 g/mol. The van der Waals surface area contributed by atoms with E-state index in [1.54, 1.807) is 0 Å². The summed E-state index contributed by atoms with van der Waals surface area (Å²) in [5.74, 6) is -0.476. The number of nitrogens with one attached hydrogen (secondary N) is 2. The average Bonchev–Trinajstić information content (AvgIpc) is 2.30. The Balaban J connectivity index is 0.00000220. The molecule has 9 heteroatoms. The van der Waals surface area contributed by atoms with Gasteiger partial charge in [-0.1, -0.05) is 30.1 Å². The number of hydrogen-bond acceptors (Lipinski definition) is 3. The molecule has 0 radical (unpaired) electrons. The zero-order valence-electron chi connectivity index (χ0n) is 11.2. The maximum Gasteiger partial charge on any atom is 0.243 e. The van der Waals surface area contributed by atoms with E-state index in [1.807, 2.05) is 6.92 Å². The summed E-state index contributed by atoms with van der Waals surface area (Å²) in [4.78, 5) is -0.278. The smallest absolute Gasteiger partial charge is 0.243 e. The molecule has 1 saturated heterocycles. The minimum Gasteiger partial charge on any atom is -0.315 e. The summed E-state index contributed by atoms with van der Waals surface area (Å²) in [6.45, 7) is 3.37. The number of hydrogen-bond donors (Lipinski definition) is 2. The molecule has 4 nitrogen and oxygen atoms in total. The van der Waals surface area contributed by atoms with E-state index in [2.05, 4.69) is 10.0 Å². The molecule has 2 N–H and O–H groups in total. The highest BCUT2D eigenvalue weighted by molar-refractivity contribution is 7.89. The van der Waals surface area contributed by atoms with Crippen LogP contribution in [0.3, 0.4) is 0 Å². The van der Waals surface area contributed by atoms with Crippen molar-refractivity contribution >= 4 is 45.6 Å². The highest BCUT2D eigenvalue weighted by atomic mass is 35.5. The Labute approximate surface area is 139 Å². The van der Waals surface area contributed by atoms with Crippen LogP contribution in [0.1, 0.15) is 13.3 Å². The molecule has 1 aliphatic heterocycles. The lowest BCUT2D eigenvalue weighted by atomic mass is 9.96. The lowest BCUT2D eigenvalue weighted by Crippen LogP contribution is -2.50. The molecule has 0 amide bonds. The van der Waals surface area contributed by atoms with E-state index in [4.69, 9.17) is 23.2 Å². The van der Waals surface area contributed by atoms with E-state index in [0.29, 0.717) is 6.54 Å². The van der Waals surface area contributed by atoms with Gasteiger partial charge in [0.2, 0.25) is 10.0 Å². The zero-order chi connectivity index (χ0) is 14.9. The van der Waals surface area contributed by atoms with Crippen LogP contribution < -0.4 is 10.0 Å². The molecule has 2 unspecified atom stereocenters. The summed E-state index contributed by atoms with van der Waals surface area (Å²) in [7, 11) is -3.89. The van der Waals surface area contributed by atoms with Crippen molar-refractivity contribution in [2.45, 2.75) is 24.3 Å². The maximum absolute atomic E-state index is 13.1. The molecule has 2 atom stereocenters. The summed E-state index contributed by atoms with van der Waals surface area (Å²) in [6.07, 6.45) is 0.873. The first-order valence-electron chi connectivity index (χ1n) is 6.19. The molecular formula is C12H16Cl3FN2O2S. The van der Waals surface area contributed by atoms with Crippen LogP contribution in [0.4, 0.5) is 4.39 Å². The second kappa shape index (κ2) is 7.44. The maximum atomic E-state index is 13.1. The van der Waals surface area contributed by atoms with Crippen LogP contribution in [-0.4, -0.2) is 27.5 Å². The fourth-order valence-electron chi connectivity index (χ4n) is 2.19. The highest BCUT2D eigenvalue weighted by Crippen LogP contribution is 2.31. The van der Waals surface area contributed by atoms with Crippen molar-refractivity contribution in [3.05, 3.63) is 28.0 Å². The molecule has 1 aliphatic rings.